The van der Waals surface area contributed by atoms with E-state index in [0.29, 0.717) is 17.8 Å². The van der Waals surface area contributed by atoms with Crippen LogP contribution in [0.3, 0.4) is 0 Å². The fraction of sp³-hybridized carbons (Fsp3) is 0.360. The molecular weight excluding hydrogens is 402 g/mol. The number of amides is 1. The highest BCUT2D eigenvalue weighted by Crippen LogP contribution is 2.27. The van der Waals surface area contributed by atoms with Crippen LogP contribution in [0.25, 0.3) is 16.9 Å². The first-order valence-electron chi connectivity index (χ1n) is 11.1. The summed E-state index contributed by atoms with van der Waals surface area (Å²) in [4.78, 5) is 17.9. The third kappa shape index (κ3) is 5.36. The molecule has 0 atom stereocenters. The van der Waals surface area contributed by atoms with E-state index >= 15 is 0 Å². The number of methoxy groups -OCH3 is 1. The van der Waals surface area contributed by atoms with Crippen molar-refractivity contribution < 1.29 is 9.53 Å². The van der Waals surface area contributed by atoms with Gasteiger partial charge in [0.1, 0.15) is 11.4 Å². The minimum atomic E-state index is -0.108. The zero-order valence-electron chi connectivity index (χ0n) is 18.8. The lowest BCUT2D eigenvalue weighted by Crippen LogP contribution is -2.45. The van der Waals surface area contributed by atoms with Crippen LogP contribution in [0.4, 0.5) is 0 Å². The van der Waals surface area contributed by atoms with Crippen LogP contribution in [0, 0.1) is 0 Å². The van der Waals surface area contributed by atoms with Gasteiger partial charge in [0.25, 0.3) is 5.91 Å². The number of carbonyl (C=O) groups excluding carboxylic acids is 1. The van der Waals surface area contributed by atoms with Crippen molar-refractivity contribution in [3.63, 3.8) is 0 Å². The van der Waals surface area contributed by atoms with Gasteiger partial charge >= 0.3 is 0 Å². The number of rotatable bonds is 8. The number of hydrogen-bond donors (Lipinski definition) is 1. The molecule has 4 rings (SSSR count). The maximum atomic E-state index is 13.1. The molecule has 0 spiro atoms. The molecule has 0 bridgehead atoms. The average molecular weight is 434 g/mol. The molecule has 7 nitrogen and oxygen atoms in total. The lowest BCUT2D eigenvalue weighted by molar-refractivity contribution is 0.0950. The number of hydrogen-bond acceptors (Lipinski definition) is 5. The molecule has 1 aromatic heterocycles. The lowest BCUT2D eigenvalue weighted by atomic mass is 10.1. The number of nitrogens with zero attached hydrogens (tertiary/aromatic N) is 4. The van der Waals surface area contributed by atoms with Crippen molar-refractivity contribution in [2.24, 2.45) is 0 Å². The second-order valence-electron chi connectivity index (χ2n) is 8.16. The molecule has 1 fully saturated rings. The van der Waals surface area contributed by atoms with Gasteiger partial charge in [-0.1, -0.05) is 30.3 Å². The summed E-state index contributed by atoms with van der Waals surface area (Å²) < 4.78 is 7.13. The molecule has 3 aromatic rings. The average Bonchev–Trinajstić information content (AvgIpc) is 3.29. The Labute approximate surface area is 189 Å². The van der Waals surface area contributed by atoms with Gasteiger partial charge in [-0.3, -0.25) is 4.79 Å². The Morgan fingerprint density at radius 1 is 1.06 bits per heavy atom. The Morgan fingerprint density at radius 3 is 2.59 bits per heavy atom. The maximum Gasteiger partial charge on any atom is 0.255 e. The van der Waals surface area contributed by atoms with Crippen LogP contribution in [0.15, 0.2) is 60.8 Å². The number of carbonyl (C=O) groups is 1. The maximum absolute atomic E-state index is 13.1. The minimum Gasteiger partial charge on any atom is -0.497 e. The third-order valence-electron chi connectivity index (χ3n) is 5.86. The second kappa shape index (κ2) is 10.4. The normalized spacial score (nSPS) is 14.9. The predicted molar refractivity (Wildman–Crippen MR) is 126 cm³/mol. The van der Waals surface area contributed by atoms with Gasteiger partial charge in [0.05, 0.1) is 18.4 Å². The van der Waals surface area contributed by atoms with Crippen LogP contribution in [0.5, 0.6) is 5.75 Å². The Hall–Kier alpha value is -3.16. The molecule has 1 amide bonds. The van der Waals surface area contributed by atoms with Crippen LogP contribution in [-0.2, 0) is 0 Å². The molecule has 1 aliphatic heterocycles. The Balaban J connectivity index is 1.48. The molecule has 7 heteroatoms. The number of ether oxygens (including phenoxy) is 1. The quantitative estimate of drug-likeness (QED) is 0.554. The summed E-state index contributed by atoms with van der Waals surface area (Å²) in [6, 6.07) is 17.5. The highest BCUT2D eigenvalue weighted by molar-refractivity contribution is 6.00. The predicted octanol–water partition coefficient (Wildman–Crippen LogP) is 2.92. The molecule has 2 heterocycles. The lowest BCUT2D eigenvalue weighted by Gasteiger charge is -2.32. The SMILES string of the molecule is COc1cccc(-c2nn(-c3ccccc3)cc2C(=O)NCCCN2CCN(C)CC2)c1. The molecule has 2 aromatic carbocycles. The third-order valence-corrected chi connectivity index (χ3v) is 5.86. The van der Waals surface area contributed by atoms with E-state index in [9.17, 15) is 4.79 Å². The van der Waals surface area contributed by atoms with E-state index in [1.54, 1.807) is 18.0 Å². The summed E-state index contributed by atoms with van der Waals surface area (Å²) >= 11 is 0. The van der Waals surface area contributed by atoms with Gasteiger partial charge in [0, 0.05) is 44.5 Å². The summed E-state index contributed by atoms with van der Waals surface area (Å²) in [6.45, 7) is 6.03. The molecule has 168 valence electrons. The fourth-order valence-electron chi connectivity index (χ4n) is 3.91. The van der Waals surface area contributed by atoms with E-state index < -0.39 is 0 Å². The van der Waals surface area contributed by atoms with Crippen LogP contribution in [0.1, 0.15) is 16.8 Å². The van der Waals surface area contributed by atoms with Gasteiger partial charge < -0.3 is 19.9 Å². The molecule has 1 aliphatic rings. The smallest absolute Gasteiger partial charge is 0.255 e. The highest BCUT2D eigenvalue weighted by Gasteiger charge is 2.19. The summed E-state index contributed by atoms with van der Waals surface area (Å²) in [6.07, 6.45) is 2.73. The van der Waals surface area contributed by atoms with E-state index in [0.717, 1.165) is 56.1 Å². The molecule has 0 radical (unpaired) electrons. The van der Waals surface area contributed by atoms with Crippen molar-refractivity contribution >= 4 is 5.91 Å². The van der Waals surface area contributed by atoms with Gasteiger partial charge in [-0.05, 0) is 44.3 Å². The summed E-state index contributed by atoms with van der Waals surface area (Å²) in [7, 11) is 3.79. The molecule has 0 unspecified atom stereocenters. The van der Waals surface area contributed by atoms with Crippen molar-refractivity contribution in [3.8, 4) is 22.7 Å². The first kappa shape index (κ1) is 22.0. The topological polar surface area (TPSA) is 62.6 Å². The van der Waals surface area contributed by atoms with Crippen molar-refractivity contribution in [3.05, 3.63) is 66.4 Å². The number of piperazine rings is 1. The van der Waals surface area contributed by atoms with Crippen molar-refractivity contribution in [2.75, 3.05) is 53.4 Å². The van der Waals surface area contributed by atoms with Gasteiger partial charge in [-0.25, -0.2) is 4.68 Å². The van der Waals surface area contributed by atoms with Gasteiger partial charge in [-0.15, -0.1) is 0 Å². The van der Waals surface area contributed by atoms with Gasteiger partial charge in [0.2, 0.25) is 0 Å². The highest BCUT2D eigenvalue weighted by atomic mass is 16.5. The summed E-state index contributed by atoms with van der Waals surface area (Å²) in [5.41, 5.74) is 2.96. The van der Waals surface area contributed by atoms with E-state index in [1.165, 1.54) is 0 Å². The number of nitrogens with one attached hydrogen (secondary N) is 1. The van der Waals surface area contributed by atoms with Gasteiger partial charge in [-0.2, -0.15) is 5.10 Å². The zero-order valence-corrected chi connectivity index (χ0v) is 18.8. The molecular formula is C25H31N5O2. The van der Waals surface area contributed by atoms with E-state index in [2.05, 4.69) is 22.2 Å². The molecule has 1 saturated heterocycles. The van der Waals surface area contributed by atoms with Crippen molar-refractivity contribution in [1.82, 2.24) is 24.9 Å². The number of likely N-dealkylation sites (N-methyl/N-ethyl adjacent to an activating group) is 1. The number of para-hydroxylation sites is 1. The molecule has 0 aliphatic carbocycles. The van der Waals surface area contributed by atoms with E-state index in [-0.39, 0.29) is 5.91 Å². The van der Waals surface area contributed by atoms with Crippen LogP contribution in [-0.4, -0.2) is 78.9 Å². The molecule has 32 heavy (non-hydrogen) atoms. The second-order valence-corrected chi connectivity index (χ2v) is 8.16. The number of benzene rings is 2. The molecule has 0 saturated carbocycles. The largest absolute Gasteiger partial charge is 0.497 e. The minimum absolute atomic E-state index is 0.108. The standard InChI is InChI=1S/C25H31N5O2/c1-28-14-16-29(17-15-28)13-7-12-26-25(31)23-19-30(21-9-4-3-5-10-21)27-24(23)20-8-6-11-22(18-20)32-2/h3-6,8-11,18-19H,7,12-17H2,1-2H3,(H,26,31). The van der Waals surface area contributed by atoms with Gasteiger partial charge in [0.15, 0.2) is 0 Å². The number of aromatic nitrogens is 2. The first-order valence-corrected chi connectivity index (χ1v) is 11.1. The van der Waals surface area contributed by atoms with E-state index in [1.807, 2.05) is 54.6 Å². The summed E-state index contributed by atoms with van der Waals surface area (Å²) in [5, 5.41) is 7.83. The first-order chi connectivity index (χ1) is 15.6. The van der Waals surface area contributed by atoms with Crippen molar-refractivity contribution in [2.45, 2.75) is 6.42 Å². The Morgan fingerprint density at radius 2 is 1.84 bits per heavy atom. The van der Waals surface area contributed by atoms with E-state index in [4.69, 9.17) is 9.84 Å². The van der Waals surface area contributed by atoms with Crippen molar-refractivity contribution in [1.29, 1.82) is 0 Å². The Kier molecular flexibility index (Phi) is 7.19. The Bertz CT molecular complexity index is 1030. The fourth-order valence-corrected chi connectivity index (χ4v) is 3.91. The zero-order chi connectivity index (χ0) is 22.3. The summed E-state index contributed by atoms with van der Waals surface area (Å²) in [5.74, 6) is 0.624. The monoisotopic (exact) mass is 433 g/mol. The van der Waals surface area contributed by atoms with Crippen LogP contribution < -0.4 is 10.1 Å². The van der Waals surface area contributed by atoms with Crippen LogP contribution in [0.2, 0.25) is 0 Å². The van der Waals surface area contributed by atoms with Crippen LogP contribution >= 0.6 is 0 Å². The molecule has 1 N–H and O–H groups in total.